The number of guanidine groups is 1. The summed E-state index contributed by atoms with van der Waals surface area (Å²) >= 11 is 3.55. The molecule has 3 nitrogen and oxygen atoms in total. The molecule has 0 aliphatic carbocycles. The van der Waals surface area contributed by atoms with Gasteiger partial charge in [-0.15, -0.1) is 0 Å². The average molecular weight is 284 g/mol. The fourth-order valence-corrected chi connectivity index (χ4v) is 1.91. The van der Waals surface area contributed by atoms with Crippen LogP contribution in [0.15, 0.2) is 33.7 Å². The zero-order chi connectivity index (χ0) is 12.0. The van der Waals surface area contributed by atoms with Crippen LogP contribution in [0.3, 0.4) is 0 Å². The first kappa shape index (κ1) is 13.0. The van der Waals surface area contributed by atoms with Crippen molar-refractivity contribution < 1.29 is 0 Å². The normalized spacial score (nSPS) is 11.4. The number of halogens is 1. The van der Waals surface area contributed by atoms with Crippen LogP contribution in [0.2, 0.25) is 0 Å². The van der Waals surface area contributed by atoms with Crippen molar-refractivity contribution in [3.05, 3.63) is 34.3 Å². The van der Waals surface area contributed by atoms with Crippen molar-refractivity contribution in [1.29, 1.82) is 0 Å². The minimum Gasteiger partial charge on any atom is -0.357 e. The van der Waals surface area contributed by atoms with E-state index < -0.39 is 0 Å². The third kappa shape index (κ3) is 3.52. The Morgan fingerprint density at radius 1 is 1.44 bits per heavy atom. The summed E-state index contributed by atoms with van der Waals surface area (Å²) in [5.41, 5.74) is 1.25. The van der Waals surface area contributed by atoms with Crippen molar-refractivity contribution in [2.24, 2.45) is 4.99 Å². The Balaban J connectivity index is 2.70. The van der Waals surface area contributed by atoms with Gasteiger partial charge in [0.1, 0.15) is 0 Å². The second-order valence-corrected chi connectivity index (χ2v) is 4.38. The molecule has 1 N–H and O–H groups in total. The van der Waals surface area contributed by atoms with Crippen molar-refractivity contribution in [2.45, 2.75) is 13.5 Å². The van der Waals surface area contributed by atoms with Gasteiger partial charge in [0, 0.05) is 31.7 Å². The second kappa shape index (κ2) is 6.53. The lowest BCUT2D eigenvalue weighted by Crippen LogP contribution is -2.38. The number of nitrogens with zero attached hydrogens (tertiary/aromatic N) is 2. The maximum absolute atomic E-state index is 4.22. The highest BCUT2D eigenvalue weighted by molar-refractivity contribution is 9.10. The number of benzene rings is 1. The van der Waals surface area contributed by atoms with E-state index in [0.717, 1.165) is 23.5 Å². The Hall–Kier alpha value is -1.03. The molecule has 0 fully saturated rings. The highest BCUT2D eigenvalue weighted by atomic mass is 79.9. The van der Waals surface area contributed by atoms with Gasteiger partial charge in [-0.05, 0) is 18.6 Å². The van der Waals surface area contributed by atoms with Gasteiger partial charge in [0.15, 0.2) is 5.96 Å². The maximum Gasteiger partial charge on any atom is 0.193 e. The van der Waals surface area contributed by atoms with E-state index in [0.29, 0.717) is 0 Å². The predicted molar refractivity (Wildman–Crippen MR) is 72.6 cm³/mol. The van der Waals surface area contributed by atoms with Gasteiger partial charge in [-0.3, -0.25) is 4.99 Å². The Bertz CT molecular complexity index is 363. The molecule has 0 saturated carbocycles. The van der Waals surface area contributed by atoms with Crippen LogP contribution >= 0.6 is 15.9 Å². The molecule has 0 atom stereocenters. The minimum absolute atomic E-state index is 0.834. The molecular weight excluding hydrogens is 266 g/mol. The molecule has 0 aromatic heterocycles. The monoisotopic (exact) mass is 283 g/mol. The summed E-state index contributed by atoms with van der Waals surface area (Å²) in [5.74, 6) is 0.915. The molecule has 0 radical (unpaired) electrons. The Morgan fingerprint density at radius 3 is 2.69 bits per heavy atom. The summed E-state index contributed by atoms with van der Waals surface area (Å²) in [6, 6.07) is 8.23. The molecule has 1 rings (SSSR count). The van der Waals surface area contributed by atoms with Crippen LogP contribution in [0.5, 0.6) is 0 Å². The molecule has 1 aromatic rings. The first-order chi connectivity index (χ1) is 7.69. The van der Waals surface area contributed by atoms with Gasteiger partial charge in [0.05, 0.1) is 0 Å². The van der Waals surface area contributed by atoms with Crippen LogP contribution in [0.4, 0.5) is 0 Å². The molecule has 0 aliphatic heterocycles. The van der Waals surface area contributed by atoms with Crippen LogP contribution in [0, 0.1) is 0 Å². The van der Waals surface area contributed by atoms with E-state index in [4.69, 9.17) is 0 Å². The molecule has 0 spiro atoms. The van der Waals surface area contributed by atoms with E-state index in [2.05, 4.69) is 50.2 Å². The average Bonchev–Trinajstić information content (AvgIpc) is 2.29. The zero-order valence-corrected chi connectivity index (χ0v) is 11.6. The predicted octanol–water partition coefficient (Wildman–Crippen LogP) is 2.48. The van der Waals surface area contributed by atoms with E-state index in [-0.39, 0.29) is 0 Å². The number of hydrogen-bond donors (Lipinski definition) is 1. The maximum atomic E-state index is 4.22. The Morgan fingerprint density at radius 2 is 2.12 bits per heavy atom. The van der Waals surface area contributed by atoms with E-state index >= 15 is 0 Å². The van der Waals surface area contributed by atoms with Crippen molar-refractivity contribution in [1.82, 2.24) is 10.2 Å². The minimum atomic E-state index is 0.834. The second-order valence-electron chi connectivity index (χ2n) is 3.53. The lowest BCUT2D eigenvalue weighted by atomic mass is 10.2. The van der Waals surface area contributed by atoms with Gasteiger partial charge in [0.2, 0.25) is 0 Å². The van der Waals surface area contributed by atoms with Crippen molar-refractivity contribution in [3.8, 4) is 0 Å². The molecule has 4 heteroatoms. The van der Waals surface area contributed by atoms with Gasteiger partial charge >= 0.3 is 0 Å². The van der Waals surface area contributed by atoms with Crippen LogP contribution < -0.4 is 5.32 Å². The van der Waals surface area contributed by atoms with E-state index in [1.165, 1.54) is 5.56 Å². The third-order valence-electron chi connectivity index (χ3n) is 2.27. The van der Waals surface area contributed by atoms with Gasteiger partial charge in [-0.25, -0.2) is 0 Å². The van der Waals surface area contributed by atoms with Gasteiger partial charge in [-0.2, -0.15) is 0 Å². The molecular formula is C12H18BrN3. The zero-order valence-electron chi connectivity index (χ0n) is 10.00. The number of nitrogens with one attached hydrogen (secondary N) is 1. The highest BCUT2D eigenvalue weighted by Crippen LogP contribution is 2.17. The molecule has 16 heavy (non-hydrogen) atoms. The molecule has 0 unspecified atom stereocenters. The first-order valence-corrected chi connectivity index (χ1v) is 6.13. The topological polar surface area (TPSA) is 27.6 Å². The van der Waals surface area contributed by atoms with E-state index in [9.17, 15) is 0 Å². The lowest BCUT2D eigenvalue weighted by molar-refractivity contribution is 0.478. The summed E-state index contributed by atoms with van der Waals surface area (Å²) in [5, 5.41) is 3.23. The highest BCUT2D eigenvalue weighted by Gasteiger charge is 2.06. The lowest BCUT2D eigenvalue weighted by Gasteiger charge is -2.22. The molecule has 0 bridgehead atoms. The van der Waals surface area contributed by atoms with E-state index in [1.54, 1.807) is 7.05 Å². The smallest absolute Gasteiger partial charge is 0.193 e. The summed E-state index contributed by atoms with van der Waals surface area (Å²) in [6.45, 7) is 3.78. The van der Waals surface area contributed by atoms with Crippen LogP contribution in [0.25, 0.3) is 0 Å². The number of aliphatic imine (C=N–C) groups is 1. The first-order valence-electron chi connectivity index (χ1n) is 5.34. The SMILES string of the molecule is CCNC(=NC)N(C)Cc1ccccc1Br. The van der Waals surface area contributed by atoms with Crippen molar-refractivity contribution >= 4 is 21.9 Å². The third-order valence-corrected chi connectivity index (χ3v) is 3.05. The summed E-state index contributed by atoms with van der Waals surface area (Å²) in [6.07, 6.45) is 0. The fraction of sp³-hybridized carbons (Fsp3) is 0.417. The van der Waals surface area contributed by atoms with Gasteiger partial charge in [0.25, 0.3) is 0 Å². The van der Waals surface area contributed by atoms with Gasteiger partial charge in [-0.1, -0.05) is 34.1 Å². The quantitative estimate of drug-likeness (QED) is 0.682. The van der Waals surface area contributed by atoms with Gasteiger partial charge < -0.3 is 10.2 Å². The molecule has 1 aromatic carbocycles. The number of hydrogen-bond acceptors (Lipinski definition) is 1. The summed E-state index contributed by atoms with van der Waals surface area (Å²) < 4.78 is 1.13. The Kier molecular flexibility index (Phi) is 5.32. The van der Waals surface area contributed by atoms with E-state index in [1.807, 2.05) is 19.2 Å². The molecule has 0 heterocycles. The summed E-state index contributed by atoms with van der Waals surface area (Å²) in [7, 11) is 3.83. The molecule has 0 amide bonds. The molecule has 88 valence electrons. The molecule has 0 aliphatic rings. The van der Waals surface area contributed by atoms with Crippen LogP contribution in [-0.4, -0.2) is 31.5 Å². The fourth-order valence-electron chi connectivity index (χ4n) is 1.50. The van der Waals surface area contributed by atoms with Crippen molar-refractivity contribution in [2.75, 3.05) is 20.6 Å². The largest absolute Gasteiger partial charge is 0.357 e. The van der Waals surface area contributed by atoms with Crippen LogP contribution in [0.1, 0.15) is 12.5 Å². The standard InChI is InChI=1S/C12H18BrN3/c1-4-15-12(14-2)16(3)9-10-7-5-6-8-11(10)13/h5-8H,4,9H2,1-3H3,(H,14,15). The molecule has 0 saturated heterocycles. The summed E-state index contributed by atoms with van der Waals surface area (Å²) in [4.78, 5) is 6.32. The Labute approximate surface area is 106 Å². The number of rotatable bonds is 3. The van der Waals surface area contributed by atoms with Crippen LogP contribution in [-0.2, 0) is 6.54 Å². The van der Waals surface area contributed by atoms with Crippen molar-refractivity contribution in [3.63, 3.8) is 0 Å².